The molecule has 0 radical (unpaired) electrons. The fraction of sp³-hybridized carbons (Fsp3) is 0.818. The highest BCUT2D eigenvalue weighted by molar-refractivity contribution is 5.91. The average Bonchev–Trinajstić information content (AvgIpc) is 3.76. The van der Waals surface area contributed by atoms with Crippen molar-refractivity contribution >= 4 is 23.7 Å². The molecule has 0 unspecified atom stereocenters. The van der Waals surface area contributed by atoms with Gasteiger partial charge in [-0.15, -0.1) is 0 Å². The summed E-state index contributed by atoms with van der Waals surface area (Å²) in [6, 6.07) is -0.978. The molecule has 246 valence electrons. The van der Waals surface area contributed by atoms with Gasteiger partial charge in [-0.25, -0.2) is 4.79 Å². The van der Waals surface area contributed by atoms with Crippen LogP contribution in [0, 0.1) is 11.3 Å². The SMILES string of the molecule is CO[C@@H]1[C@H](OC(=O)N2C[C@H]3C[C@@H]2CN3C(=O)[C@H](C)NC(=O)CCC(=O)C(C)(C)C)CC[C@]2(CO2)[C@H]1[C@@]1(C)O[C@@H]1CC=C(C)C. The smallest absolute Gasteiger partial charge is 0.410 e. The second kappa shape index (κ2) is 12.0. The highest BCUT2D eigenvalue weighted by atomic mass is 16.6. The van der Waals surface area contributed by atoms with Gasteiger partial charge in [0.15, 0.2) is 0 Å². The number of carbonyl (C=O) groups excluding carboxylic acids is 4. The van der Waals surface area contributed by atoms with Crippen molar-refractivity contribution in [2.45, 2.75) is 135 Å². The molecule has 2 bridgehead atoms. The van der Waals surface area contributed by atoms with Crippen LogP contribution >= 0.6 is 0 Å². The van der Waals surface area contributed by atoms with Crippen LogP contribution in [-0.4, -0.2) is 108 Å². The largest absolute Gasteiger partial charge is 0.443 e. The van der Waals surface area contributed by atoms with Crippen LogP contribution in [0.5, 0.6) is 0 Å². The van der Waals surface area contributed by atoms with Crippen molar-refractivity contribution in [2.75, 3.05) is 26.8 Å². The minimum Gasteiger partial charge on any atom is -0.443 e. The van der Waals surface area contributed by atoms with Gasteiger partial charge in [-0.3, -0.25) is 14.4 Å². The summed E-state index contributed by atoms with van der Waals surface area (Å²) in [6.45, 7) is 14.9. The average molecular weight is 618 g/mol. The highest BCUT2D eigenvalue weighted by Gasteiger charge is 2.72. The topological polar surface area (TPSA) is 130 Å². The fourth-order valence-electron chi connectivity index (χ4n) is 7.65. The molecule has 4 saturated heterocycles. The molecule has 9 atom stereocenters. The Kier molecular flexibility index (Phi) is 8.98. The lowest BCUT2D eigenvalue weighted by molar-refractivity contribution is -0.138. The molecule has 0 aromatic heterocycles. The van der Waals surface area contributed by atoms with Gasteiger partial charge in [-0.05, 0) is 53.4 Å². The third-order valence-electron chi connectivity index (χ3n) is 10.4. The maximum absolute atomic E-state index is 13.5. The summed E-state index contributed by atoms with van der Waals surface area (Å²) >= 11 is 0. The van der Waals surface area contributed by atoms with E-state index in [4.69, 9.17) is 18.9 Å². The molecule has 3 amide bonds. The van der Waals surface area contributed by atoms with Crippen LogP contribution in [0.3, 0.4) is 0 Å². The Balaban J connectivity index is 1.14. The van der Waals surface area contributed by atoms with E-state index in [1.54, 1.807) is 23.8 Å². The second-order valence-corrected chi connectivity index (χ2v) is 14.9. The predicted molar refractivity (Wildman–Crippen MR) is 162 cm³/mol. The molecule has 1 aliphatic carbocycles. The van der Waals surface area contributed by atoms with Crippen LogP contribution in [0.15, 0.2) is 11.6 Å². The third-order valence-corrected chi connectivity index (χ3v) is 10.4. The summed E-state index contributed by atoms with van der Waals surface area (Å²) in [5.74, 6) is -0.530. The number of ether oxygens (including phenoxy) is 4. The number of piperazine rings is 1. The number of epoxide rings is 2. The monoisotopic (exact) mass is 617 g/mol. The van der Waals surface area contributed by atoms with Crippen LogP contribution < -0.4 is 5.32 Å². The Morgan fingerprint density at radius 2 is 1.75 bits per heavy atom. The van der Waals surface area contributed by atoms with E-state index in [2.05, 4.69) is 32.2 Å². The van der Waals surface area contributed by atoms with E-state index in [9.17, 15) is 19.2 Å². The van der Waals surface area contributed by atoms with Crippen molar-refractivity contribution in [3.8, 4) is 0 Å². The molecule has 5 rings (SSSR count). The van der Waals surface area contributed by atoms with Gasteiger partial charge in [0.25, 0.3) is 0 Å². The number of nitrogens with one attached hydrogen (secondary N) is 1. The Morgan fingerprint density at radius 3 is 2.32 bits per heavy atom. The normalized spacial score (nSPS) is 36.2. The molecular weight excluding hydrogens is 566 g/mol. The molecule has 1 saturated carbocycles. The van der Waals surface area contributed by atoms with E-state index in [0.29, 0.717) is 32.5 Å². The van der Waals surface area contributed by atoms with Crippen molar-refractivity contribution in [1.82, 2.24) is 15.1 Å². The number of allylic oxidation sites excluding steroid dienone is 1. The second-order valence-electron chi connectivity index (χ2n) is 14.9. The molecule has 0 aromatic rings. The van der Waals surface area contributed by atoms with E-state index in [-0.39, 0.29) is 72.3 Å². The Bertz CT molecular complexity index is 1190. The lowest BCUT2D eigenvalue weighted by Crippen LogP contribution is -2.58. The number of hydrogen-bond donors (Lipinski definition) is 1. The van der Waals surface area contributed by atoms with Gasteiger partial charge in [0.2, 0.25) is 11.8 Å². The standard InChI is InChI=1S/C33H51N3O8/c1-19(2)9-11-25-32(7,44-25)28-27(41-8)23(13-14-33(28)18-42-33)43-30(40)36-17-21-15-22(36)16-35(21)29(39)20(3)34-26(38)12-10-24(37)31(4,5)6/h9,20-23,25,27-28H,10-18H2,1-8H3,(H,34,38)/t20-,21+,22+,23+,25+,27+,28+,32-,33-/m0/s1. The number of nitrogens with zero attached hydrogens (tertiary/aromatic N) is 2. The van der Waals surface area contributed by atoms with Gasteiger partial charge in [0.05, 0.1) is 30.7 Å². The van der Waals surface area contributed by atoms with Crippen molar-refractivity contribution in [3.05, 3.63) is 11.6 Å². The zero-order valence-electron chi connectivity index (χ0n) is 27.6. The van der Waals surface area contributed by atoms with Crippen LogP contribution in [0.25, 0.3) is 0 Å². The zero-order chi connectivity index (χ0) is 32.2. The molecule has 5 aliphatic rings. The van der Waals surface area contributed by atoms with Crippen LogP contribution in [0.2, 0.25) is 0 Å². The quantitative estimate of drug-likeness (QED) is 0.292. The number of ketones is 1. The number of rotatable bonds is 10. The Morgan fingerprint density at radius 1 is 1.09 bits per heavy atom. The molecule has 11 heteroatoms. The summed E-state index contributed by atoms with van der Waals surface area (Å²) in [6.07, 6.45) is 4.26. The van der Waals surface area contributed by atoms with E-state index in [0.717, 1.165) is 12.8 Å². The Hall–Kier alpha value is -2.50. The molecule has 5 fully saturated rings. The fourth-order valence-corrected chi connectivity index (χ4v) is 7.65. The molecule has 4 heterocycles. The van der Waals surface area contributed by atoms with Gasteiger partial charge in [0, 0.05) is 38.5 Å². The summed E-state index contributed by atoms with van der Waals surface area (Å²) in [4.78, 5) is 54.8. The van der Waals surface area contributed by atoms with Gasteiger partial charge >= 0.3 is 6.09 Å². The first-order valence-corrected chi connectivity index (χ1v) is 16.2. The number of likely N-dealkylation sites (tertiary alicyclic amines) is 2. The molecule has 11 nitrogen and oxygen atoms in total. The first-order chi connectivity index (χ1) is 20.6. The number of fused-ring (bicyclic) bond motifs is 2. The van der Waals surface area contributed by atoms with Crippen LogP contribution in [-0.2, 0) is 33.3 Å². The van der Waals surface area contributed by atoms with Gasteiger partial charge in [-0.2, -0.15) is 0 Å². The summed E-state index contributed by atoms with van der Waals surface area (Å²) in [7, 11) is 1.67. The maximum Gasteiger partial charge on any atom is 0.410 e. The van der Waals surface area contributed by atoms with E-state index < -0.39 is 23.2 Å². The number of methoxy groups -OCH3 is 1. The minimum atomic E-state index is -0.711. The van der Waals surface area contributed by atoms with Crippen LogP contribution in [0.4, 0.5) is 4.79 Å². The van der Waals surface area contributed by atoms with Gasteiger partial charge < -0.3 is 34.1 Å². The number of Topliss-reactive ketones (excluding diaryl/α,β-unsaturated/α-hetero) is 1. The van der Waals surface area contributed by atoms with Crippen molar-refractivity contribution < 1.29 is 38.1 Å². The molecular formula is C33H51N3O8. The first-order valence-electron chi connectivity index (χ1n) is 16.2. The summed E-state index contributed by atoms with van der Waals surface area (Å²) in [5, 5.41) is 2.75. The van der Waals surface area contributed by atoms with Gasteiger partial charge in [0.1, 0.15) is 35.2 Å². The van der Waals surface area contributed by atoms with Crippen molar-refractivity contribution in [3.63, 3.8) is 0 Å². The lowest BCUT2D eigenvalue weighted by Gasteiger charge is -2.43. The van der Waals surface area contributed by atoms with E-state index in [1.165, 1.54) is 5.57 Å². The summed E-state index contributed by atoms with van der Waals surface area (Å²) in [5.41, 5.74) is 0.0526. The van der Waals surface area contributed by atoms with Crippen molar-refractivity contribution in [1.29, 1.82) is 0 Å². The molecule has 1 spiro atoms. The number of carbonyl (C=O) groups is 4. The molecule has 0 aromatic carbocycles. The molecule has 44 heavy (non-hydrogen) atoms. The van der Waals surface area contributed by atoms with Crippen molar-refractivity contribution in [2.24, 2.45) is 11.3 Å². The van der Waals surface area contributed by atoms with Gasteiger partial charge in [-0.1, -0.05) is 32.4 Å². The van der Waals surface area contributed by atoms with Crippen LogP contribution in [0.1, 0.15) is 87.0 Å². The van der Waals surface area contributed by atoms with E-state index in [1.807, 2.05) is 20.8 Å². The highest BCUT2D eigenvalue weighted by Crippen LogP contribution is 2.59. The predicted octanol–water partition coefficient (Wildman–Crippen LogP) is 3.38. The minimum absolute atomic E-state index is 0.00939. The number of amides is 3. The molecule has 4 aliphatic heterocycles. The Labute approximate surface area is 261 Å². The first kappa shape index (κ1) is 32.9. The zero-order valence-corrected chi connectivity index (χ0v) is 27.6. The van der Waals surface area contributed by atoms with E-state index >= 15 is 0 Å². The third kappa shape index (κ3) is 6.42. The molecule has 1 N–H and O–H groups in total. The summed E-state index contributed by atoms with van der Waals surface area (Å²) < 4.78 is 24.5. The maximum atomic E-state index is 13.5. The number of hydrogen-bond acceptors (Lipinski definition) is 8. The lowest BCUT2D eigenvalue weighted by atomic mass is 9.68.